The van der Waals surface area contributed by atoms with E-state index in [4.69, 9.17) is 0 Å². The molecule has 1 saturated carbocycles. The highest BCUT2D eigenvalue weighted by Gasteiger charge is 2.58. The monoisotopic (exact) mass is 398 g/mol. The maximum absolute atomic E-state index is 13.2. The fraction of sp³-hybridized carbons (Fsp3) is 0.300. The Morgan fingerprint density at radius 2 is 1.88 bits per heavy atom. The average molecular weight is 399 g/mol. The molecule has 4 nitrogen and oxygen atoms in total. The van der Waals surface area contributed by atoms with Gasteiger partial charge in [-0.3, -0.25) is 9.59 Å². The second-order valence-corrected chi connectivity index (χ2v) is 7.65. The van der Waals surface area contributed by atoms with Crippen molar-refractivity contribution in [2.24, 2.45) is 5.41 Å². The second kappa shape index (κ2) is 6.30. The quantitative estimate of drug-likeness (QED) is 0.789. The Morgan fingerprint density at radius 1 is 1.08 bits per heavy atom. The Labute approximate surface area is 155 Å². The Bertz CT molecular complexity index is 845. The van der Waals surface area contributed by atoms with E-state index in [9.17, 15) is 9.59 Å². The van der Waals surface area contributed by atoms with Crippen molar-refractivity contribution in [3.63, 3.8) is 0 Å². The van der Waals surface area contributed by atoms with Crippen molar-refractivity contribution >= 4 is 39.1 Å². The molecule has 1 N–H and O–H groups in total. The molecule has 0 aromatic heterocycles. The molecular weight excluding hydrogens is 380 g/mol. The number of amides is 2. The first kappa shape index (κ1) is 16.3. The smallest absolute Gasteiger partial charge is 0.242 e. The summed E-state index contributed by atoms with van der Waals surface area (Å²) in [4.78, 5) is 27.8. The Balaban J connectivity index is 1.57. The minimum Gasteiger partial charge on any atom is -0.325 e. The molecule has 0 unspecified atom stereocenters. The van der Waals surface area contributed by atoms with Gasteiger partial charge in [0, 0.05) is 22.4 Å². The summed E-state index contributed by atoms with van der Waals surface area (Å²) >= 11 is 3.40. The van der Waals surface area contributed by atoms with Crippen LogP contribution in [0.4, 0.5) is 11.4 Å². The van der Waals surface area contributed by atoms with E-state index in [1.54, 1.807) is 0 Å². The van der Waals surface area contributed by atoms with Gasteiger partial charge in [0.25, 0.3) is 0 Å². The third kappa shape index (κ3) is 2.97. The van der Waals surface area contributed by atoms with Crippen LogP contribution < -0.4 is 10.2 Å². The molecule has 1 aliphatic heterocycles. The number of hydrogen-bond acceptors (Lipinski definition) is 2. The molecule has 1 heterocycles. The van der Waals surface area contributed by atoms with E-state index in [0.717, 1.165) is 23.0 Å². The van der Waals surface area contributed by atoms with Gasteiger partial charge in [-0.05, 0) is 55.5 Å². The third-order valence-electron chi connectivity index (χ3n) is 5.03. The summed E-state index contributed by atoms with van der Waals surface area (Å²) < 4.78 is 0.895. The van der Waals surface area contributed by atoms with E-state index in [2.05, 4.69) is 27.3 Å². The Hall–Kier alpha value is -2.14. The topological polar surface area (TPSA) is 49.4 Å². The summed E-state index contributed by atoms with van der Waals surface area (Å²) in [5.74, 6) is -0.259. The number of aryl methyl sites for hydroxylation is 1. The number of fused-ring (bicyclic) bond motifs is 1. The van der Waals surface area contributed by atoms with Gasteiger partial charge in [-0.25, -0.2) is 0 Å². The number of carbonyl (C=O) groups excluding carboxylic acids is 2. The number of halogens is 1. The lowest BCUT2D eigenvalue weighted by atomic mass is 9.97. The van der Waals surface area contributed by atoms with Crippen LogP contribution in [0.15, 0.2) is 53.0 Å². The first-order valence-electron chi connectivity index (χ1n) is 8.57. The fourth-order valence-electron chi connectivity index (χ4n) is 3.48. The summed E-state index contributed by atoms with van der Waals surface area (Å²) in [5, 5.41) is 2.91. The van der Waals surface area contributed by atoms with Gasteiger partial charge in [-0.1, -0.05) is 40.2 Å². The van der Waals surface area contributed by atoms with Gasteiger partial charge in [0.2, 0.25) is 11.8 Å². The molecule has 4 rings (SSSR count). The van der Waals surface area contributed by atoms with E-state index in [-0.39, 0.29) is 11.8 Å². The highest BCUT2D eigenvalue weighted by Crippen LogP contribution is 2.49. The van der Waals surface area contributed by atoms with Crippen LogP contribution in [0.1, 0.15) is 24.8 Å². The predicted octanol–water partition coefficient (Wildman–Crippen LogP) is 4.15. The minimum absolute atomic E-state index is 0.0628. The minimum atomic E-state index is -0.910. The lowest BCUT2D eigenvalue weighted by Gasteiger charge is -2.32. The van der Waals surface area contributed by atoms with Crippen molar-refractivity contribution in [1.82, 2.24) is 0 Å². The van der Waals surface area contributed by atoms with Crippen LogP contribution in [0.3, 0.4) is 0 Å². The first-order chi connectivity index (χ1) is 12.1. The zero-order valence-corrected chi connectivity index (χ0v) is 15.4. The van der Waals surface area contributed by atoms with E-state index < -0.39 is 5.41 Å². The number of hydrogen-bond donors (Lipinski definition) is 1. The summed E-state index contributed by atoms with van der Waals surface area (Å²) in [7, 11) is 0. The largest absolute Gasteiger partial charge is 0.325 e. The molecule has 25 heavy (non-hydrogen) atoms. The molecule has 2 aliphatic rings. The van der Waals surface area contributed by atoms with Crippen molar-refractivity contribution < 1.29 is 9.59 Å². The van der Waals surface area contributed by atoms with Gasteiger partial charge < -0.3 is 10.2 Å². The van der Waals surface area contributed by atoms with Gasteiger partial charge in [-0.15, -0.1) is 0 Å². The lowest BCUT2D eigenvalue weighted by molar-refractivity contribution is -0.132. The van der Waals surface area contributed by atoms with Crippen molar-refractivity contribution in [2.45, 2.75) is 25.7 Å². The molecule has 5 heteroatoms. The molecular formula is C20H19BrN2O2. The number of benzene rings is 2. The van der Waals surface area contributed by atoms with Crippen molar-refractivity contribution in [1.29, 1.82) is 0 Å². The standard InChI is InChI=1S/C20H19BrN2O2/c21-15-7-3-8-16(13-15)22-18(24)20(10-11-20)19(25)23-12-4-6-14-5-1-2-9-17(14)23/h1-3,5,7-9,13H,4,6,10-12H2,(H,22,24). The average Bonchev–Trinajstić information content (AvgIpc) is 3.43. The van der Waals surface area contributed by atoms with Crippen LogP contribution in [0.25, 0.3) is 0 Å². The highest BCUT2D eigenvalue weighted by atomic mass is 79.9. The van der Waals surface area contributed by atoms with Crippen LogP contribution in [-0.4, -0.2) is 18.4 Å². The number of nitrogens with one attached hydrogen (secondary N) is 1. The molecule has 2 aromatic rings. The molecule has 1 aliphatic carbocycles. The maximum atomic E-state index is 13.2. The summed E-state index contributed by atoms with van der Waals surface area (Å²) in [6.45, 7) is 0.682. The molecule has 0 radical (unpaired) electrons. The molecule has 2 amide bonds. The number of para-hydroxylation sites is 1. The third-order valence-corrected chi connectivity index (χ3v) is 5.53. The predicted molar refractivity (Wildman–Crippen MR) is 102 cm³/mol. The normalized spacial score (nSPS) is 17.6. The molecule has 0 spiro atoms. The van der Waals surface area contributed by atoms with E-state index >= 15 is 0 Å². The molecule has 128 valence electrons. The molecule has 2 aromatic carbocycles. The van der Waals surface area contributed by atoms with Crippen LogP contribution in [0, 0.1) is 5.41 Å². The van der Waals surface area contributed by atoms with Gasteiger partial charge in [0.05, 0.1) is 0 Å². The Morgan fingerprint density at radius 3 is 2.64 bits per heavy atom. The number of carbonyl (C=O) groups is 2. The molecule has 0 atom stereocenters. The number of rotatable bonds is 3. The van der Waals surface area contributed by atoms with Gasteiger partial charge in [-0.2, -0.15) is 0 Å². The molecule has 0 saturated heterocycles. The lowest BCUT2D eigenvalue weighted by Crippen LogP contribution is -2.45. The van der Waals surface area contributed by atoms with E-state index in [1.165, 1.54) is 5.56 Å². The molecule has 0 bridgehead atoms. The van der Waals surface area contributed by atoms with Gasteiger partial charge in [0.1, 0.15) is 5.41 Å². The van der Waals surface area contributed by atoms with Gasteiger partial charge >= 0.3 is 0 Å². The van der Waals surface area contributed by atoms with Crippen molar-refractivity contribution in [2.75, 3.05) is 16.8 Å². The Kier molecular flexibility index (Phi) is 4.12. The van der Waals surface area contributed by atoms with E-state index in [1.807, 2.05) is 47.4 Å². The zero-order chi connectivity index (χ0) is 17.4. The zero-order valence-electron chi connectivity index (χ0n) is 13.8. The van der Waals surface area contributed by atoms with Crippen molar-refractivity contribution in [3.8, 4) is 0 Å². The summed E-state index contributed by atoms with van der Waals surface area (Å²) in [5.41, 5.74) is 1.94. The number of anilines is 2. The van der Waals surface area contributed by atoms with Crippen molar-refractivity contribution in [3.05, 3.63) is 58.6 Å². The van der Waals surface area contributed by atoms with Gasteiger partial charge in [0.15, 0.2) is 0 Å². The second-order valence-electron chi connectivity index (χ2n) is 6.74. The molecule has 1 fully saturated rings. The summed E-state index contributed by atoms with van der Waals surface area (Å²) in [6.07, 6.45) is 3.15. The fourth-order valence-corrected chi connectivity index (χ4v) is 3.88. The number of nitrogens with zero attached hydrogens (tertiary/aromatic N) is 1. The maximum Gasteiger partial charge on any atom is 0.242 e. The highest BCUT2D eigenvalue weighted by molar-refractivity contribution is 9.10. The van der Waals surface area contributed by atoms with Crippen LogP contribution in [0.2, 0.25) is 0 Å². The summed E-state index contributed by atoms with van der Waals surface area (Å²) in [6, 6.07) is 15.4. The van der Waals surface area contributed by atoms with Crippen LogP contribution >= 0.6 is 15.9 Å². The van der Waals surface area contributed by atoms with Crippen LogP contribution in [0.5, 0.6) is 0 Å². The first-order valence-corrected chi connectivity index (χ1v) is 9.36. The van der Waals surface area contributed by atoms with E-state index in [0.29, 0.717) is 25.1 Å². The SMILES string of the molecule is O=C(Nc1cccc(Br)c1)C1(C(=O)N2CCCc3ccccc32)CC1. The van der Waals surface area contributed by atoms with Crippen LogP contribution in [-0.2, 0) is 16.0 Å².